The monoisotopic (exact) mass is 248 g/mol. The lowest BCUT2D eigenvalue weighted by atomic mass is 9.78. The number of hydrogen-bond acceptors (Lipinski definition) is 4. The van der Waals surface area contributed by atoms with Crippen LogP contribution in [-0.2, 0) is 9.53 Å². The van der Waals surface area contributed by atoms with E-state index in [-0.39, 0.29) is 12.4 Å². The van der Waals surface area contributed by atoms with Gasteiger partial charge in [0.1, 0.15) is 6.61 Å². The summed E-state index contributed by atoms with van der Waals surface area (Å²) < 4.78 is 4.93. The number of carbonyl (C=O) groups is 2. The van der Waals surface area contributed by atoms with Gasteiger partial charge in [-0.05, 0) is 13.8 Å². The first-order valence-corrected chi connectivity index (χ1v) is 5.89. The number of rotatable bonds is 3. The molecule has 0 aromatic heterocycles. The van der Waals surface area contributed by atoms with Crippen LogP contribution in [0, 0.1) is 11.8 Å². The van der Waals surface area contributed by atoms with Gasteiger partial charge in [-0.25, -0.2) is 0 Å². The molecule has 1 aliphatic heterocycles. The summed E-state index contributed by atoms with van der Waals surface area (Å²) in [7, 11) is 0. The zero-order valence-corrected chi connectivity index (χ0v) is 10.4. The lowest BCUT2D eigenvalue weighted by molar-refractivity contribution is -0.147. The van der Waals surface area contributed by atoms with Crippen LogP contribution in [0.2, 0.25) is 0 Å². The minimum absolute atomic E-state index is 0.0429. The molecule has 0 spiro atoms. The van der Waals surface area contributed by atoms with Gasteiger partial charge in [0.05, 0.1) is 17.4 Å². The average molecular weight is 248 g/mol. The van der Waals surface area contributed by atoms with Crippen molar-refractivity contribution in [3.8, 4) is 0 Å². The van der Waals surface area contributed by atoms with E-state index in [1.165, 1.54) is 13.8 Å². The second-order valence-electron chi connectivity index (χ2n) is 5.10. The Morgan fingerprint density at radius 1 is 1.33 bits per heavy atom. The van der Waals surface area contributed by atoms with E-state index in [0.717, 1.165) is 0 Å². The van der Waals surface area contributed by atoms with E-state index in [0.29, 0.717) is 5.56 Å². The highest BCUT2D eigenvalue weighted by Crippen LogP contribution is 2.33. The fourth-order valence-corrected chi connectivity index (χ4v) is 2.35. The van der Waals surface area contributed by atoms with Crippen molar-refractivity contribution >= 4 is 11.8 Å². The summed E-state index contributed by atoms with van der Waals surface area (Å²) in [6.45, 7) is 3.09. The summed E-state index contributed by atoms with van der Waals surface area (Å²) in [5.74, 6) is -2.07. The lowest BCUT2D eigenvalue weighted by Crippen LogP contribution is -2.41. The summed E-state index contributed by atoms with van der Waals surface area (Å²) >= 11 is 0. The van der Waals surface area contributed by atoms with Crippen LogP contribution in [0.25, 0.3) is 0 Å². The highest BCUT2D eigenvalue weighted by molar-refractivity contribution is 6.01. The van der Waals surface area contributed by atoms with Crippen LogP contribution in [0.1, 0.15) is 24.2 Å². The topological polar surface area (TPSA) is 63.6 Å². The van der Waals surface area contributed by atoms with Gasteiger partial charge in [0.25, 0.3) is 0 Å². The van der Waals surface area contributed by atoms with Crippen LogP contribution in [0.3, 0.4) is 0 Å². The molecule has 2 atom stereocenters. The highest BCUT2D eigenvalue weighted by Gasteiger charge is 2.49. The molecule has 0 aliphatic carbocycles. The minimum atomic E-state index is -1.26. The zero-order chi connectivity index (χ0) is 13.3. The van der Waals surface area contributed by atoms with E-state index in [1.54, 1.807) is 24.3 Å². The van der Waals surface area contributed by atoms with Crippen molar-refractivity contribution < 1.29 is 19.4 Å². The first-order chi connectivity index (χ1) is 8.41. The molecule has 0 bridgehead atoms. The minimum Gasteiger partial charge on any atom is -0.465 e. The van der Waals surface area contributed by atoms with E-state index >= 15 is 0 Å². The molecule has 96 valence electrons. The molecule has 1 aromatic rings. The third kappa shape index (κ3) is 2.29. The van der Waals surface area contributed by atoms with Crippen molar-refractivity contribution in [2.24, 2.45) is 11.8 Å². The van der Waals surface area contributed by atoms with Crippen molar-refractivity contribution in [3.63, 3.8) is 0 Å². The number of aliphatic hydroxyl groups is 1. The Bertz CT molecular complexity index is 458. The molecule has 1 aromatic carbocycles. The van der Waals surface area contributed by atoms with Crippen LogP contribution in [0.15, 0.2) is 30.3 Å². The molecular formula is C14H16O4. The fraction of sp³-hybridized carbons (Fsp3) is 0.429. The molecule has 1 saturated heterocycles. The van der Waals surface area contributed by atoms with Crippen LogP contribution in [-0.4, -0.2) is 29.1 Å². The van der Waals surface area contributed by atoms with Crippen molar-refractivity contribution in [3.05, 3.63) is 35.9 Å². The van der Waals surface area contributed by atoms with Gasteiger partial charge in [0, 0.05) is 5.56 Å². The van der Waals surface area contributed by atoms with Gasteiger partial charge in [0.15, 0.2) is 5.78 Å². The number of cyclic esters (lactones) is 1. The second-order valence-corrected chi connectivity index (χ2v) is 5.10. The maximum absolute atomic E-state index is 12.3. The Labute approximate surface area is 106 Å². The van der Waals surface area contributed by atoms with Crippen LogP contribution < -0.4 is 0 Å². The maximum atomic E-state index is 12.3. The van der Waals surface area contributed by atoms with Crippen molar-refractivity contribution in [1.82, 2.24) is 0 Å². The Kier molecular flexibility index (Phi) is 3.22. The molecule has 4 nitrogen and oxygen atoms in total. The molecule has 1 N–H and O–H groups in total. The van der Waals surface area contributed by atoms with Crippen molar-refractivity contribution in [2.75, 3.05) is 6.61 Å². The van der Waals surface area contributed by atoms with Gasteiger partial charge in [-0.1, -0.05) is 30.3 Å². The zero-order valence-electron chi connectivity index (χ0n) is 10.4. The summed E-state index contributed by atoms with van der Waals surface area (Å²) in [6.07, 6.45) is 0. The summed E-state index contributed by atoms with van der Waals surface area (Å²) in [6, 6.07) is 8.76. The second kappa shape index (κ2) is 4.53. The van der Waals surface area contributed by atoms with E-state index in [1.807, 2.05) is 6.07 Å². The van der Waals surface area contributed by atoms with E-state index in [9.17, 15) is 14.7 Å². The molecule has 4 heteroatoms. The number of esters is 1. The van der Waals surface area contributed by atoms with Crippen LogP contribution in [0.5, 0.6) is 0 Å². The van der Waals surface area contributed by atoms with Crippen molar-refractivity contribution in [2.45, 2.75) is 19.4 Å². The molecular weight excluding hydrogens is 232 g/mol. The summed E-state index contributed by atoms with van der Waals surface area (Å²) in [5, 5.41) is 10.0. The molecule has 1 heterocycles. The molecule has 0 unspecified atom stereocenters. The van der Waals surface area contributed by atoms with E-state index in [2.05, 4.69) is 0 Å². The predicted octanol–water partition coefficient (Wildman–Crippen LogP) is 1.43. The van der Waals surface area contributed by atoms with Gasteiger partial charge in [0.2, 0.25) is 0 Å². The smallest absolute Gasteiger partial charge is 0.312 e. The molecule has 0 saturated carbocycles. The van der Waals surface area contributed by atoms with Gasteiger partial charge in [-0.3, -0.25) is 9.59 Å². The fourth-order valence-electron chi connectivity index (χ4n) is 2.35. The van der Waals surface area contributed by atoms with Crippen molar-refractivity contribution in [1.29, 1.82) is 0 Å². The molecule has 18 heavy (non-hydrogen) atoms. The number of carbonyl (C=O) groups excluding carboxylic acids is 2. The number of benzene rings is 1. The molecule has 0 radical (unpaired) electrons. The number of hydrogen-bond donors (Lipinski definition) is 1. The number of ether oxygens (including phenoxy) is 1. The van der Waals surface area contributed by atoms with Gasteiger partial charge >= 0.3 is 5.97 Å². The highest BCUT2D eigenvalue weighted by atomic mass is 16.5. The van der Waals surface area contributed by atoms with Crippen LogP contribution >= 0.6 is 0 Å². The SMILES string of the molecule is CC(C)(O)[C@H]1C(=O)OC[C@@H]1C(=O)c1ccccc1. The number of ketones is 1. The summed E-state index contributed by atoms with van der Waals surface area (Å²) in [5.41, 5.74) is -0.724. The molecule has 1 aliphatic rings. The third-order valence-electron chi connectivity index (χ3n) is 3.22. The van der Waals surface area contributed by atoms with Gasteiger partial charge in [-0.2, -0.15) is 0 Å². The average Bonchev–Trinajstić information content (AvgIpc) is 2.71. The summed E-state index contributed by atoms with van der Waals surface area (Å²) in [4.78, 5) is 23.9. The maximum Gasteiger partial charge on any atom is 0.312 e. The third-order valence-corrected chi connectivity index (χ3v) is 3.22. The Morgan fingerprint density at radius 3 is 2.50 bits per heavy atom. The number of Topliss-reactive ketones (excluding diaryl/α,β-unsaturated/α-hetero) is 1. The molecule has 1 fully saturated rings. The first-order valence-electron chi connectivity index (χ1n) is 5.89. The van der Waals surface area contributed by atoms with Crippen LogP contribution in [0.4, 0.5) is 0 Å². The largest absolute Gasteiger partial charge is 0.465 e. The van der Waals surface area contributed by atoms with Gasteiger partial charge < -0.3 is 9.84 Å². The predicted molar refractivity (Wildman–Crippen MR) is 65.0 cm³/mol. The lowest BCUT2D eigenvalue weighted by Gasteiger charge is -2.26. The first kappa shape index (κ1) is 12.8. The van der Waals surface area contributed by atoms with E-state index < -0.39 is 23.4 Å². The molecule has 2 rings (SSSR count). The Morgan fingerprint density at radius 2 is 1.94 bits per heavy atom. The quantitative estimate of drug-likeness (QED) is 0.649. The Balaban J connectivity index is 2.28. The standard InChI is InChI=1S/C14H16O4/c1-14(2,17)11-10(8-18-13(11)16)12(15)9-6-4-3-5-7-9/h3-7,10-11,17H,8H2,1-2H3/t10-,11+/m0/s1. The molecule has 0 amide bonds. The van der Waals surface area contributed by atoms with E-state index in [4.69, 9.17) is 4.74 Å². The normalized spacial score (nSPS) is 23.8. The Hall–Kier alpha value is -1.68. The van der Waals surface area contributed by atoms with Gasteiger partial charge in [-0.15, -0.1) is 0 Å².